The summed E-state index contributed by atoms with van der Waals surface area (Å²) < 4.78 is 63.0. The topological polar surface area (TPSA) is 77.2 Å². The summed E-state index contributed by atoms with van der Waals surface area (Å²) in [7, 11) is 1.30. The van der Waals surface area contributed by atoms with Crippen molar-refractivity contribution in [3.05, 3.63) is 70.0 Å². The lowest BCUT2D eigenvalue weighted by Gasteiger charge is -2.25. The van der Waals surface area contributed by atoms with Crippen LogP contribution in [0.5, 0.6) is 5.75 Å². The normalized spacial score (nSPS) is 18.6. The van der Waals surface area contributed by atoms with Crippen LogP contribution in [0, 0.1) is 11.7 Å². The van der Waals surface area contributed by atoms with Gasteiger partial charge in [-0.1, -0.05) is 30.7 Å². The van der Waals surface area contributed by atoms with Crippen molar-refractivity contribution in [1.82, 2.24) is 14.8 Å². The van der Waals surface area contributed by atoms with Crippen LogP contribution < -0.4 is 4.74 Å². The number of carboxylic acids is 1. The zero-order valence-corrected chi connectivity index (χ0v) is 19.4. The molecule has 3 atom stereocenters. The summed E-state index contributed by atoms with van der Waals surface area (Å²) in [5, 5.41) is 15.2. The van der Waals surface area contributed by atoms with Crippen LogP contribution in [-0.2, 0) is 11.0 Å². The van der Waals surface area contributed by atoms with Crippen molar-refractivity contribution in [2.24, 2.45) is 5.92 Å². The predicted molar refractivity (Wildman–Crippen MR) is 118 cm³/mol. The zero-order valence-electron chi connectivity index (χ0n) is 17.8. The van der Waals surface area contributed by atoms with Gasteiger partial charge in [0.05, 0.1) is 29.2 Å². The van der Waals surface area contributed by atoms with Crippen molar-refractivity contribution in [2.45, 2.75) is 30.0 Å². The highest BCUT2D eigenvalue weighted by Gasteiger charge is 2.45. The van der Waals surface area contributed by atoms with Gasteiger partial charge in [0.15, 0.2) is 17.4 Å². The SMILES string of the molecule is CCC(C(=O)O)[C@H]1S[C@H](c2cccc(OC)c2F)c2cc(Cl)ccc2-n2c1nnc2C(F)(F)F. The molecule has 3 aromatic rings. The van der Waals surface area contributed by atoms with Crippen LogP contribution in [0.25, 0.3) is 5.69 Å². The quantitative estimate of drug-likeness (QED) is 0.415. The monoisotopic (exact) mass is 515 g/mol. The van der Waals surface area contributed by atoms with Gasteiger partial charge in [0.2, 0.25) is 5.82 Å². The molecule has 1 aliphatic heterocycles. The molecule has 0 saturated heterocycles. The van der Waals surface area contributed by atoms with Gasteiger partial charge in [-0.15, -0.1) is 22.0 Å². The fourth-order valence-electron chi connectivity index (χ4n) is 4.04. The molecule has 2 aromatic carbocycles. The molecule has 1 N–H and O–H groups in total. The van der Waals surface area contributed by atoms with Gasteiger partial charge in [-0.25, -0.2) is 4.39 Å². The summed E-state index contributed by atoms with van der Waals surface area (Å²) in [4.78, 5) is 12.1. The van der Waals surface area contributed by atoms with Gasteiger partial charge in [0, 0.05) is 10.6 Å². The Balaban J connectivity index is 2.07. The Hall–Kier alpha value is -2.79. The maximum Gasteiger partial charge on any atom is 0.452 e. The van der Waals surface area contributed by atoms with Crippen LogP contribution in [0.4, 0.5) is 17.6 Å². The Bertz CT molecular complexity index is 1250. The van der Waals surface area contributed by atoms with Crippen LogP contribution in [-0.4, -0.2) is 33.0 Å². The minimum Gasteiger partial charge on any atom is -0.494 e. The standard InChI is InChI=1S/C22H18ClF4N3O3S/c1-3-11(20(31)32)18-19-28-29-21(22(25,26)27)30(19)14-8-7-10(23)9-13(14)17(34-18)12-5-4-6-15(33-2)16(12)24/h4-9,11,17-18H,3H2,1-2H3,(H,31,32)/t11?,17-,18-/m1/s1. The molecular formula is C22H18ClF4N3O3S. The third-order valence-corrected chi connectivity index (χ3v) is 7.46. The third-order valence-electron chi connectivity index (χ3n) is 5.61. The van der Waals surface area contributed by atoms with Gasteiger partial charge in [-0.2, -0.15) is 13.2 Å². The fraction of sp³-hybridized carbons (Fsp3) is 0.318. The van der Waals surface area contributed by atoms with E-state index in [9.17, 15) is 23.1 Å². The molecule has 0 saturated carbocycles. The van der Waals surface area contributed by atoms with Crippen molar-refractivity contribution in [1.29, 1.82) is 0 Å². The van der Waals surface area contributed by atoms with Crippen LogP contribution in [0.15, 0.2) is 36.4 Å². The van der Waals surface area contributed by atoms with E-state index in [-0.39, 0.29) is 39.8 Å². The molecule has 180 valence electrons. The van der Waals surface area contributed by atoms with E-state index < -0.39 is 40.2 Å². The maximum atomic E-state index is 15.4. The van der Waals surface area contributed by atoms with E-state index in [0.29, 0.717) is 0 Å². The number of aliphatic carboxylic acids is 1. The molecule has 0 spiro atoms. The smallest absolute Gasteiger partial charge is 0.452 e. The molecule has 0 bridgehead atoms. The lowest BCUT2D eigenvalue weighted by atomic mass is 10.0. The van der Waals surface area contributed by atoms with Crippen LogP contribution in [0.1, 0.15) is 46.6 Å². The largest absolute Gasteiger partial charge is 0.494 e. The number of methoxy groups -OCH3 is 1. The molecule has 0 radical (unpaired) electrons. The second-order valence-electron chi connectivity index (χ2n) is 7.57. The number of hydrogen-bond donors (Lipinski definition) is 1. The average Bonchev–Trinajstić information content (AvgIpc) is 3.17. The summed E-state index contributed by atoms with van der Waals surface area (Å²) in [6.07, 6.45) is -4.77. The van der Waals surface area contributed by atoms with Crippen LogP contribution in [0.2, 0.25) is 5.02 Å². The molecule has 4 rings (SSSR count). The van der Waals surface area contributed by atoms with Crippen molar-refractivity contribution in [3.63, 3.8) is 0 Å². The number of carbonyl (C=O) groups is 1. The Labute approximate surface area is 200 Å². The summed E-state index contributed by atoms with van der Waals surface area (Å²) in [5.74, 6) is -4.57. The predicted octanol–water partition coefficient (Wildman–Crippen LogP) is 6.08. The number of nitrogens with zero attached hydrogens (tertiary/aromatic N) is 3. The number of ether oxygens (including phenoxy) is 1. The first-order valence-corrected chi connectivity index (χ1v) is 11.4. The molecule has 2 heterocycles. The van der Waals surface area contributed by atoms with E-state index in [1.165, 1.54) is 37.4 Å². The van der Waals surface area contributed by atoms with Crippen molar-refractivity contribution >= 4 is 29.3 Å². The average molecular weight is 516 g/mol. The van der Waals surface area contributed by atoms with Crippen molar-refractivity contribution in [2.75, 3.05) is 7.11 Å². The molecule has 0 amide bonds. The van der Waals surface area contributed by atoms with Crippen molar-refractivity contribution < 1.29 is 32.2 Å². The summed E-state index contributed by atoms with van der Waals surface area (Å²) >= 11 is 7.20. The van der Waals surface area contributed by atoms with E-state index in [1.54, 1.807) is 13.0 Å². The van der Waals surface area contributed by atoms with Crippen LogP contribution in [0.3, 0.4) is 0 Å². The Morgan fingerprint density at radius 3 is 2.62 bits per heavy atom. The first-order valence-electron chi connectivity index (χ1n) is 10.1. The second kappa shape index (κ2) is 9.10. The molecule has 1 aliphatic rings. The second-order valence-corrected chi connectivity index (χ2v) is 9.26. The first kappa shape index (κ1) is 24.3. The summed E-state index contributed by atoms with van der Waals surface area (Å²) in [6, 6.07) is 8.67. The van der Waals surface area contributed by atoms with E-state index in [2.05, 4.69) is 10.2 Å². The minimum absolute atomic E-state index is 0.0409. The number of halogens is 5. The number of carboxylic acid groups (broad SMARTS) is 1. The number of benzene rings is 2. The molecule has 12 heteroatoms. The van der Waals surface area contributed by atoms with Gasteiger partial charge in [-0.3, -0.25) is 9.36 Å². The number of thioether (sulfide) groups is 1. The van der Waals surface area contributed by atoms with Gasteiger partial charge in [0.1, 0.15) is 0 Å². The van der Waals surface area contributed by atoms with Crippen molar-refractivity contribution in [3.8, 4) is 11.4 Å². The molecule has 0 aliphatic carbocycles. The van der Waals surface area contributed by atoms with E-state index >= 15 is 4.39 Å². The van der Waals surface area contributed by atoms with E-state index in [0.717, 1.165) is 16.3 Å². The highest BCUT2D eigenvalue weighted by Crippen LogP contribution is 2.54. The van der Waals surface area contributed by atoms with E-state index in [4.69, 9.17) is 16.3 Å². The highest BCUT2D eigenvalue weighted by atomic mass is 35.5. The minimum atomic E-state index is -4.87. The molecule has 34 heavy (non-hydrogen) atoms. The first-order chi connectivity index (χ1) is 16.1. The summed E-state index contributed by atoms with van der Waals surface area (Å²) in [5.41, 5.74) is 0.420. The molecule has 1 aromatic heterocycles. The van der Waals surface area contributed by atoms with Gasteiger partial charge in [-0.05, 0) is 36.2 Å². The fourth-order valence-corrected chi connectivity index (χ4v) is 5.95. The molecular weight excluding hydrogens is 498 g/mol. The van der Waals surface area contributed by atoms with E-state index in [1.807, 2.05) is 0 Å². The Morgan fingerprint density at radius 2 is 2.00 bits per heavy atom. The van der Waals surface area contributed by atoms with Gasteiger partial charge >= 0.3 is 12.1 Å². The Kier molecular flexibility index (Phi) is 6.52. The van der Waals surface area contributed by atoms with Crippen LogP contribution >= 0.6 is 23.4 Å². The highest BCUT2D eigenvalue weighted by molar-refractivity contribution is 8.00. The van der Waals surface area contributed by atoms with Gasteiger partial charge < -0.3 is 9.84 Å². The number of alkyl halides is 3. The third kappa shape index (κ3) is 4.11. The lowest BCUT2D eigenvalue weighted by Crippen LogP contribution is -2.23. The number of rotatable bonds is 5. The molecule has 1 unspecified atom stereocenters. The number of hydrogen-bond acceptors (Lipinski definition) is 5. The maximum absolute atomic E-state index is 15.4. The zero-order chi connectivity index (χ0) is 24.8. The molecule has 0 fully saturated rings. The lowest BCUT2D eigenvalue weighted by molar-refractivity contribution is -0.146. The van der Waals surface area contributed by atoms with Gasteiger partial charge in [0.25, 0.3) is 0 Å². The number of fused-ring (bicyclic) bond motifs is 3. The number of aromatic nitrogens is 3. The molecule has 6 nitrogen and oxygen atoms in total. The Morgan fingerprint density at radius 1 is 1.26 bits per heavy atom. The summed E-state index contributed by atoms with van der Waals surface area (Å²) in [6.45, 7) is 1.61.